The van der Waals surface area contributed by atoms with Gasteiger partial charge in [-0.3, -0.25) is 14.2 Å². The number of nitrogens with zero attached hydrogens (tertiary/aromatic N) is 1. The van der Waals surface area contributed by atoms with Crippen molar-refractivity contribution >= 4 is 52.2 Å². The van der Waals surface area contributed by atoms with Crippen molar-refractivity contribution in [1.82, 2.24) is 14.9 Å². The van der Waals surface area contributed by atoms with E-state index in [4.69, 9.17) is 40.2 Å². The van der Waals surface area contributed by atoms with Gasteiger partial charge in [-0.2, -0.15) is 0 Å². The zero-order chi connectivity index (χ0) is 20.3. The Morgan fingerprint density at radius 1 is 1.21 bits per heavy atom. The largest absolute Gasteiger partial charge is 0.383 e. The Morgan fingerprint density at radius 2 is 2.00 bits per heavy atom. The van der Waals surface area contributed by atoms with Crippen molar-refractivity contribution < 1.29 is 9.53 Å². The fraction of sp³-hybridized carbons (Fsp3) is 0.211. The SMILES string of the molecule is COCCn1c(=S)[nH]c2cc(C(=O)NCc3ccc(Cl)c(Cl)c3)ccc2c1=O. The highest BCUT2D eigenvalue weighted by atomic mass is 35.5. The fourth-order valence-corrected chi connectivity index (χ4v) is 3.32. The molecule has 28 heavy (non-hydrogen) atoms. The van der Waals surface area contributed by atoms with E-state index in [1.807, 2.05) is 0 Å². The Labute approximate surface area is 176 Å². The molecule has 2 aromatic carbocycles. The van der Waals surface area contributed by atoms with E-state index in [0.29, 0.717) is 46.2 Å². The van der Waals surface area contributed by atoms with Crippen LogP contribution in [0.25, 0.3) is 10.9 Å². The second kappa shape index (κ2) is 8.87. The van der Waals surface area contributed by atoms with E-state index in [1.165, 1.54) is 4.57 Å². The van der Waals surface area contributed by atoms with Crippen LogP contribution in [-0.2, 0) is 17.8 Å². The maximum absolute atomic E-state index is 12.6. The molecule has 0 aliphatic carbocycles. The minimum Gasteiger partial charge on any atom is -0.383 e. The first-order valence-corrected chi connectivity index (χ1v) is 9.55. The number of amides is 1. The molecule has 3 rings (SSSR count). The molecule has 1 aromatic heterocycles. The van der Waals surface area contributed by atoms with Crippen LogP contribution in [0.4, 0.5) is 0 Å². The molecule has 0 unspecified atom stereocenters. The normalized spacial score (nSPS) is 11.0. The molecular formula is C19H17Cl2N3O3S. The lowest BCUT2D eigenvalue weighted by Gasteiger charge is -2.09. The summed E-state index contributed by atoms with van der Waals surface area (Å²) in [5, 5.41) is 4.15. The highest BCUT2D eigenvalue weighted by molar-refractivity contribution is 7.71. The van der Waals surface area contributed by atoms with Crippen LogP contribution in [0.15, 0.2) is 41.2 Å². The van der Waals surface area contributed by atoms with Gasteiger partial charge in [-0.25, -0.2) is 0 Å². The summed E-state index contributed by atoms with van der Waals surface area (Å²) < 4.78 is 6.72. The van der Waals surface area contributed by atoms with Gasteiger partial charge in [0, 0.05) is 19.2 Å². The van der Waals surface area contributed by atoms with E-state index < -0.39 is 0 Å². The summed E-state index contributed by atoms with van der Waals surface area (Å²) in [7, 11) is 1.56. The molecule has 9 heteroatoms. The minimum absolute atomic E-state index is 0.224. The smallest absolute Gasteiger partial charge is 0.262 e. The van der Waals surface area contributed by atoms with Gasteiger partial charge >= 0.3 is 0 Å². The van der Waals surface area contributed by atoms with E-state index in [0.717, 1.165) is 5.56 Å². The highest BCUT2D eigenvalue weighted by Crippen LogP contribution is 2.22. The third-order valence-corrected chi connectivity index (χ3v) is 5.26. The Balaban J connectivity index is 1.83. The second-order valence-corrected chi connectivity index (χ2v) is 7.27. The summed E-state index contributed by atoms with van der Waals surface area (Å²) >= 11 is 17.1. The van der Waals surface area contributed by atoms with Crippen molar-refractivity contribution in [3.63, 3.8) is 0 Å². The third-order valence-electron chi connectivity index (χ3n) is 4.20. The molecule has 0 atom stereocenters. The number of benzene rings is 2. The standard InChI is InChI=1S/C19H17Cl2N3O3S/c1-27-7-6-24-18(26)13-4-3-12(9-16(13)23-19(24)28)17(25)22-10-11-2-5-14(20)15(21)8-11/h2-5,8-9H,6-7,10H2,1H3,(H,22,25)(H,23,28). The topological polar surface area (TPSA) is 76.1 Å². The molecule has 1 amide bonds. The number of carbonyl (C=O) groups is 1. The molecule has 6 nitrogen and oxygen atoms in total. The summed E-state index contributed by atoms with van der Waals surface area (Å²) in [5.74, 6) is -0.282. The molecule has 3 aromatic rings. The Kier molecular flexibility index (Phi) is 6.51. The van der Waals surface area contributed by atoms with Crippen LogP contribution in [-0.4, -0.2) is 29.2 Å². The molecule has 0 spiro atoms. The molecule has 0 aliphatic heterocycles. The quantitative estimate of drug-likeness (QED) is 0.572. The Bertz CT molecular complexity index is 1160. The van der Waals surface area contributed by atoms with Crippen molar-refractivity contribution in [3.05, 3.63) is 72.7 Å². The van der Waals surface area contributed by atoms with Gasteiger partial charge in [-0.1, -0.05) is 29.3 Å². The van der Waals surface area contributed by atoms with Crippen LogP contribution in [0.3, 0.4) is 0 Å². The van der Waals surface area contributed by atoms with E-state index >= 15 is 0 Å². The van der Waals surface area contributed by atoms with Crippen LogP contribution >= 0.6 is 35.4 Å². The lowest BCUT2D eigenvalue weighted by Crippen LogP contribution is -2.25. The maximum Gasteiger partial charge on any atom is 0.262 e. The lowest BCUT2D eigenvalue weighted by molar-refractivity contribution is 0.0951. The molecule has 0 aliphatic rings. The van der Waals surface area contributed by atoms with Gasteiger partial charge in [0.15, 0.2) is 4.77 Å². The van der Waals surface area contributed by atoms with Gasteiger partial charge in [0.25, 0.3) is 11.5 Å². The number of hydrogen-bond acceptors (Lipinski definition) is 4. The average Bonchev–Trinajstić information content (AvgIpc) is 2.68. The number of hydrogen-bond donors (Lipinski definition) is 2. The molecular weight excluding hydrogens is 421 g/mol. The maximum atomic E-state index is 12.6. The minimum atomic E-state index is -0.282. The molecule has 2 N–H and O–H groups in total. The molecule has 146 valence electrons. The van der Waals surface area contributed by atoms with Gasteiger partial charge in [0.05, 0.1) is 34.1 Å². The van der Waals surface area contributed by atoms with Gasteiger partial charge in [-0.15, -0.1) is 0 Å². The van der Waals surface area contributed by atoms with Gasteiger partial charge in [0.2, 0.25) is 0 Å². The first-order chi connectivity index (χ1) is 13.4. The number of carbonyl (C=O) groups excluding carboxylic acids is 1. The molecule has 0 saturated heterocycles. The van der Waals surface area contributed by atoms with E-state index in [2.05, 4.69) is 10.3 Å². The van der Waals surface area contributed by atoms with Crippen molar-refractivity contribution in [2.24, 2.45) is 0 Å². The van der Waals surface area contributed by atoms with Crippen LogP contribution in [0.5, 0.6) is 0 Å². The van der Waals surface area contributed by atoms with Crippen molar-refractivity contribution in [3.8, 4) is 0 Å². The Hall–Kier alpha value is -2.19. The van der Waals surface area contributed by atoms with E-state index in [9.17, 15) is 9.59 Å². The van der Waals surface area contributed by atoms with Gasteiger partial charge in [0.1, 0.15) is 0 Å². The molecule has 0 bridgehead atoms. The number of ether oxygens (including phenoxy) is 1. The molecule has 0 radical (unpaired) electrons. The third kappa shape index (κ3) is 4.44. The summed E-state index contributed by atoms with van der Waals surface area (Å²) in [4.78, 5) is 28.1. The van der Waals surface area contributed by atoms with Gasteiger partial charge in [-0.05, 0) is 48.1 Å². The first kappa shape index (κ1) is 20.5. The Morgan fingerprint density at radius 3 is 2.71 bits per heavy atom. The van der Waals surface area contributed by atoms with Crippen molar-refractivity contribution in [2.45, 2.75) is 13.1 Å². The predicted octanol–water partition coefficient (Wildman–Crippen LogP) is 3.94. The molecule has 1 heterocycles. The van der Waals surface area contributed by atoms with E-state index in [-0.39, 0.29) is 16.2 Å². The average molecular weight is 438 g/mol. The predicted molar refractivity (Wildman–Crippen MR) is 113 cm³/mol. The van der Waals surface area contributed by atoms with Crippen molar-refractivity contribution in [1.29, 1.82) is 0 Å². The highest BCUT2D eigenvalue weighted by Gasteiger charge is 2.11. The number of nitrogens with one attached hydrogen (secondary N) is 2. The summed E-state index contributed by atoms with van der Waals surface area (Å²) in [5.41, 5.74) is 1.51. The van der Waals surface area contributed by atoms with Crippen molar-refractivity contribution in [2.75, 3.05) is 13.7 Å². The van der Waals surface area contributed by atoms with Crippen LogP contribution in [0.1, 0.15) is 15.9 Å². The first-order valence-electron chi connectivity index (χ1n) is 8.38. The number of rotatable bonds is 6. The van der Waals surface area contributed by atoms with E-state index in [1.54, 1.807) is 43.5 Å². The van der Waals surface area contributed by atoms with Crippen LogP contribution < -0.4 is 10.9 Å². The fourth-order valence-electron chi connectivity index (χ4n) is 2.72. The van der Waals surface area contributed by atoms with Gasteiger partial charge < -0.3 is 15.0 Å². The summed E-state index contributed by atoms with van der Waals surface area (Å²) in [6.07, 6.45) is 0. The zero-order valence-electron chi connectivity index (χ0n) is 14.9. The number of methoxy groups -OCH3 is 1. The van der Waals surface area contributed by atoms with Crippen LogP contribution in [0.2, 0.25) is 10.0 Å². The number of H-pyrrole nitrogens is 1. The monoisotopic (exact) mass is 437 g/mol. The second-order valence-electron chi connectivity index (χ2n) is 6.07. The number of fused-ring (bicyclic) bond motifs is 1. The number of aromatic amines is 1. The zero-order valence-corrected chi connectivity index (χ0v) is 17.2. The molecule has 0 saturated carbocycles. The summed E-state index contributed by atoms with van der Waals surface area (Å²) in [6.45, 7) is 1.02. The number of halogens is 2. The summed E-state index contributed by atoms with van der Waals surface area (Å²) in [6, 6.07) is 9.98. The lowest BCUT2D eigenvalue weighted by atomic mass is 10.1. The molecule has 0 fully saturated rings. The number of aromatic nitrogens is 2. The van der Waals surface area contributed by atoms with Crippen LogP contribution in [0, 0.1) is 4.77 Å².